The highest BCUT2D eigenvalue weighted by atomic mass is 16.5. The van der Waals surface area contributed by atoms with Gasteiger partial charge in [0.05, 0.1) is 12.3 Å². The highest BCUT2D eigenvalue weighted by Crippen LogP contribution is 2.20. The van der Waals surface area contributed by atoms with Gasteiger partial charge in [0.15, 0.2) is 6.61 Å². The van der Waals surface area contributed by atoms with Gasteiger partial charge in [0, 0.05) is 17.5 Å². The van der Waals surface area contributed by atoms with E-state index in [9.17, 15) is 4.79 Å². The van der Waals surface area contributed by atoms with E-state index < -0.39 is 0 Å². The smallest absolute Gasteiger partial charge is 0.262 e. The van der Waals surface area contributed by atoms with E-state index in [-0.39, 0.29) is 12.5 Å². The summed E-state index contributed by atoms with van der Waals surface area (Å²) in [5.41, 5.74) is 2.34. The third-order valence-corrected chi connectivity index (χ3v) is 3.84. The number of para-hydroxylation sites is 2. The Morgan fingerprint density at radius 2 is 1.64 bits per heavy atom. The van der Waals surface area contributed by atoms with E-state index >= 15 is 0 Å². The number of benzene rings is 3. The summed E-state index contributed by atoms with van der Waals surface area (Å²) < 4.78 is 11.1. The van der Waals surface area contributed by atoms with Crippen LogP contribution in [0.3, 0.4) is 0 Å². The van der Waals surface area contributed by atoms with Crippen LogP contribution in [0.25, 0.3) is 0 Å². The maximum Gasteiger partial charge on any atom is 0.262 e. The molecule has 3 rings (SSSR count). The molecule has 3 aromatic rings. The fourth-order valence-corrected chi connectivity index (χ4v) is 2.52. The lowest BCUT2D eigenvalue weighted by Crippen LogP contribution is -2.20. The van der Waals surface area contributed by atoms with Crippen LogP contribution in [0, 0.1) is 0 Å². The second-order valence-electron chi connectivity index (χ2n) is 5.93. The molecule has 0 atom stereocenters. The molecule has 5 heteroatoms. The molecule has 0 saturated carbocycles. The van der Waals surface area contributed by atoms with Gasteiger partial charge >= 0.3 is 0 Å². The zero-order valence-corrected chi connectivity index (χ0v) is 15.7. The minimum atomic E-state index is -0.218. The van der Waals surface area contributed by atoms with Crippen molar-refractivity contribution in [2.75, 3.05) is 18.5 Å². The Hall–Kier alpha value is -3.60. The molecular weight excluding hydrogens is 352 g/mol. The fraction of sp³-hybridized carbons (Fsp3) is 0.130. The molecule has 0 unspecified atom stereocenters. The molecule has 0 aliphatic rings. The van der Waals surface area contributed by atoms with E-state index in [0.29, 0.717) is 12.4 Å². The van der Waals surface area contributed by atoms with Gasteiger partial charge in [-0.25, -0.2) is 0 Å². The van der Waals surface area contributed by atoms with Crippen LogP contribution in [-0.2, 0) is 4.79 Å². The fourth-order valence-electron chi connectivity index (χ4n) is 2.52. The molecule has 0 radical (unpaired) electrons. The largest absolute Gasteiger partial charge is 0.494 e. The number of carbonyl (C=O) groups is 1. The minimum absolute atomic E-state index is 0.0806. The van der Waals surface area contributed by atoms with Crippen molar-refractivity contribution in [3.05, 3.63) is 84.4 Å². The van der Waals surface area contributed by atoms with Crippen molar-refractivity contribution in [1.29, 1.82) is 0 Å². The average Bonchev–Trinajstić information content (AvgIpc) is 2.73. The monoisotopic (exact) mass is 374 g/mol. The van der Waals surface area contributed by atoms with Crippen molar-refractivity contribution in [3.8, 4) is 11.5 Å². The van der Waals surface area contributed by atoms with Gasteiger partial charge in [0.25, 0.3) is 5.91 Å². The predicted molar refractivity (Wildman–Crippen MR) is 112 cm³/mol. The lowest BCUT2D eigenvalue weighted by molar-refractivity contribution is -0.118. The number of hydrogen-bond acceptors (Lipinski definition) is 4. The van der Waals surface area contributed by atoms with Gasteiger partial charge in [0.1, 0.15) is 11.5 Å². The Kier molecular flexibility index (Phi) is 6.79. The number of hydrogen-bond donors (Lipinski definition) is 1. The average molecular weight is 374 g/mol. The van der Waals surface area contributed by atoms with Crippen LogP contribution in [0.2, 0.25) is 0 Å². The predicted octanol–water partition coefficient (Wildman–Crippen LogP) is 4.85. The standard InChI is InChI=1S/C23H22N2O3/c1-2-27-21-14-12-19(13-15-21)24-16-18-8-6-7-11-22(18)28-17-23(26)25-20-9-4-3-5-10-20/h3-16H,2,17H2,1H3,(H,25,26). The zero-order chi connectivity index (χ0) is 19.6. The summed E-state index contributed by atoms with van der Waals surface area (Å²) in [6.07, 6.45) is 1.72. The van der Waals surface area contributed by atoms with Gasteiger partial charge in [0.2, 0.25) is 0 Å². The molecule has 0 aromatic heterocycles. The van der Waals surface area contributed by atoms with Crippen LogP contribution >= 0.6 is 0 Å². The first-order chi connectivity index (χ1) is 13.7. The summed E-state index contributed by atoms with van der Waals surface area (Å²) >= 11 is 0. The van der Waals surface area contributed by atoms with Gasteiger partial charge in [-0.2, -0.15) is 0 Å². The molecule has 0 saturated heterocycles. The summed E-state index contributed by atoms with van der Waals surface area (Å²) in [7, 11) is 0. The Labute approximate surface area is 164 Å². The van der Waals surface area contributed by atoms with Crippen molar-refractivity contribution < 1.29 is 14.3 Å². The van der Waals surface area contributed by atoms with E-state index in [1.54, 1.807) is 6.21 Å². The number of nitrogens with zero attached hydrogens (tertiary/aromatic N) is 1. The van der Waals surface area contributed by atoms with Crippen LogP contribution in [0.15, 0.2) is 83.9 Å². The van der Waals surface area contributed by atoms with Crippen LogP contribution in [0.4, 0.5) is 11.4 Å². The minimum Gasteiger partial charge on any atom is -0.494 e. The highest BCUT2D eigenvalue weighted by molar-refractivity contribution is 5.92. The van der Waals surface area contributed by atoms with Gasteiger partial charge in [-0.3, -0.25) is 9.79 Å². The van der Waals surface area contributed by atoms with E-state index in [1.165, 1.54) is 0 Å². The summed E-state index contributed by atoms with van der Waals surface area (Å²) in [5, 5.41) is 2.80. The molecule has 3 aromatic carbocycles. The Morgan fingerprint density at radius 1 is 0.929 bits per heavy atom. The zero-order valence-electron chi connectivity index (χ0n) is 15.7. The van der Waals surface area contributed by atoms with Crippen LogP contribution in [0.5, 0.6) is 11.5 Å². The Morgan fingerprint density at radius 3 is 2.39 bits per heavy atom. The molecule has 0 aliphatic carbocycles. The van der Waals surface area contributed by atoms with Gasteiger partial charge in [-0.15, -0.1) is 0 Å². The number of rotatable bonds is 8. The normalized spacial score (nSPS) is 10.6. The van der Waals surface area contributed by atoms with Crippen molar-refractivity contribution >= 4 is 23.5 Å². The third-order valence-electron chi connectivity index (χ3n) is 3.84. The number of amides is 1. The molecule has 1 N–H and O–H groups in total. The molecule has 142 valence electrons. The topological polar surface area (TPSA) is 59.9 Å². The van der Waals surface area contributed by atoms with Crippen LogP contribution in [0.1, 0.15) is 12.5 Å². The van der Waals surface area contributed by atoms with Crippen molar-refractivity contribution in [1.82, 2.24) is 0 Å². The Balaban J connectivity index is 1.61. The Bertz CT molecular complexity index is 922. The second kappa shape index (κ2) is 9.92. The first-order valence-electron chi connectivity index (χ1n) is 9.08. The number of anilines is 1. The summed E-state index contributed by atoms with van der Waals surface area (Å²) in [5.74, 6) is 1.19. The van der Waals surface area contributed by atoms with E-state index in [0.717, 1.165) is 22.7 Å². The number of nitrogens with one attached hydrogen (secondary N) is 1. The maximum absolute atomic E-state index is 12.1. The molecule has 0 fully saturated rings. The number of ether oxygens (including phenoxy) is 2. The van der Waals surface area contributed by atoms with Crippen LogP contribution < -0.4 is 14.8 Å². The molecule has 0 bridgehead atoms. The lowest BCUT2D eigenvalue weighted by atomic mass is 10.2. The molecule has 0 aliphatic heterocycles. The van der Waals surface area contributed by atoms with Crippen LogP contribution in [-0.4, -0.2) is 25.3 Å². The van der Waals surface area contributed by atoms with Crippen molar-refractivity contribution in [3.63, 3.8) is 0 Å². The summed E-state index contributed by atoms with van der Waals surface area (Å²) in [6.45, 7) is 2.50. The molecule has 0 heterocycles. The molecule has 5 nitrogen and oxygen atoms in total. The molecule has 28 heavy (non-hydrogen) atoms. The lowest BCUT2D eigenvalue weighted by Gasteiger charge is -2.09. The first-order valence-corrected chi connectivity index (χ1v) is 9.08. The van der Waals surface area contributed by atoms with Crippen molar-refractivity contribution in [2.45, 2.75) is 6.92 Å². The van der Waals surface area contributed by atoms with Gasteiger partial charge < -0.3 is 14.8 Å². The molecular formula is C23H22N2O3. The third kappa shape index (κ3) is 5.71. The first kappa shape index (κ1) is 19.2. The quantitative estimate of drug-likeness (QED) is 0.573. The molecule has 0 spiro atoms. The summed E-state index contributed by atoms with van der Waals surface area (Å²) in [4.78, 5) is 16.6. The number of carbonyl (C=O) groups excluding carboxylic acids is 1. The second-order valence-corrected chi connectivity index (χ2v) is 5.93. The maximum atomic E-state index is 12.1. The molecule has 1 amide bonds. The van der Waals surface area contributed by atoms with E-state index in [4.69, 9.17) is 9.47 Å². The van der Waals surface area contributed by atoms with Crippen molar-refractivity contribution in [2.24, 2.45) is 4.99 Å². The van der Waals surface area contributed by atoms with E-state index in [2.05, 4.69) is 10.3 Å². The van der Waals surface area contributed by atoms with Gasteiger partial charge in [-0.05, 0) is 55.5 Å². The van der Waals surface area contributed by atoms with Gasteiger partial charge in [-0.1, -0.05) is 30.3 Å². The van der Waals surface area contributed by atoms with E-state index in [1.807, 2.05) is 85.8 Å². The summed E-state index contributed by atoms with van der Waals surface area (Å²) in [6, 6.07) is 24.3. The number of aliphatic imine (C=N–C) groups is 1. The highest BCUT2D eigenvalue weighted by Gasteiger charge is 2.06. The SMILES string of the molecule is CCOc1ccc(N=Cc2ccccc2OCC(=O)Nc2ccccc2)cc1.